The van der Waals surface area contributed by atoms with Gasteiger partial charge < -0.3 is 15.5 Å². The molecular weight excluding hydrogens is 282 g/mol. The molecule has 1 fully saturated rings. The van der Waals surface area contributed by atoms with Gasteiger partial charge in [-0.25, -0.2) is 0 Å². The third kappa shape index (κ3) is 3.10. The molecule has 2 N–H and O–H groups in total. The van der Waals surface area contributed by atoms with E-state index in [2.05, 4.69) is 0 Å². The van der Waals surface area contributed by atoms with Crippen molar-refractivity contribution in [3.05, 3.63) is 29.8 Å². The van der Waals surface area contributed by atoms with E-state index in [-0.39, 0.29) is 24.8 Å². The Morgan fingerprint density at radius 1 is 1.32 bits per heavy atom. The lowest BCUT2D eigenvalue weighted by Crippen LogP contribution is -2.31. The maximum Gasteiger partial charge on any atom is 0.253 e. The van der Waals surface area contributed by atoms with Crippen LogP contribution in [0.3, 0.4) is 0 Å². The van der Waals surface area contributed by atoms with E-state index in [1.54, 1.807) is 29.2 Å². The van der Waals surface area contributed by atoms with Crippen molar-refractivity contribution in [2.24, 2.45) is 11.7 Å². The van der Waals surface area contributed by atoms with Crippen LogP contribution in [0.25, 0.3) is 0 Å². The van der Waals surface area contributed by atoms with Crippen LogP contribution in [-0.2, 0) is 9.59 Å². The van der Waals surface area contributed by atoms with Gasteiger partial charge in [0.25, 0.3) is 5.91 Å². The number of nitrogens with zero attached hydrogens (tertiary/aromatic N) is 2. The predicted molar refractivity (Wildman–Crippen MR) is 83.3 cm³/mol. The summed E-state index contributed by atoms with van der Waals surface area (Å²) in [6, 6.07) is 6.94. The molecule has 1 aliphatic rings. The molecule has 0 bridgehead atoms. The second-order valence-electron chi connectivity index (χ2n) is 5.34. The second-order valence-corrected chi connectivity index (χ2v) is 5.34. The Balaban J connectivity index is 2.24. The molecule has 0 spiro atoms. The maximum absolute atomic E-state index is 12.4. The number of benzene rings is 1. The van der Waals surface area contributed by atoms with Crippen LogP contribution in [0.1, 0.15) is 30.6 Å². The number of anilines is 1. The Labute approximate surface area is 129 Å². The molecular formula is C16H21N3O3. The monoisotopic (exact) mass is 303 g/mol. The highest BCUT2D eigenvalue weighted by Gasteiger charge is 2.34. The normalized spacial score (nSPS) is 17.6. The van der Waals surface area contributed by atoms with Crippen LogP contribution in [0.5, 0.6) is 0 Å². The Hall–Kier alpha value is -2.37. The van der Waals surface area contributed by atoms with E-state index in [1.807, 2.05) is 13.8 Å². The van der Waals surface area contributed by atoms with Gasteiger partial charge in [-0.05, 0) is 32.0 Å². The molecule has 0 aromatic heterocycles. The van der Waals surface area contributed by atoms with Crippen molar-refractivity contribution >= 4 is 23.4 Å². The largest absolute Gasteiger partial charge is 0.369 e. The summed E-state index contributed by atoms with van der Waals surface area (Å²) in [6.07, 6.45) is 0.129. The van der Waals surface area contributed by atoms with Crippen LogP contribution in [0, 0.1) is 5.92 Å². The van der Waals surface area contributed by atoms with E-state index >= 15 is 0 Å². The summed E-state index contributed by atoms with van der Waals surface area (Å²) in [7, 11) is 0. The van der Waals surface area contributed by atoms with E-state index < -0.39 is 11.8 Å². The molecule has 1 heterocycles. The lowest BCUT2D eigenvalue weighted by atomic mass is 10.1. The molecule has 0 saturated carbocycles. The average Bonchev–Trinajstić information content (AvgIpc) is 2.91. The highest BCUT2D eigenvalue weighted by Crippen LogP contribution is 2.26. The molecule has 0 radical (unpaired) electrons. The zero-order valence-corrected chi connectivity index (χ0v) is 12.9. The van der Waals surface area contributed by atoms with Gasteiger partial charge in [0.2, 0.25) is 11.8 Å². The summed E-state index contributed by atoms with van der Waals surface area (Å²) in [4.78, 5) is 38.9. The van der Waals surface area contributed by atoms with Crippen molar-refractivity contribution in [1.82, 2.24) is 4.90 Å². The number of rotatable bonds is 5. The minimum atomic E-state index is -0.466. The molecule has 22 heavy (non-hydrogen) atoms. The molecule has 118 valence electrons. The summed E-state index contributed by atoms with van der Waals surface area (Å²) in [5, 5.41) is 0. The lowest BCUT2D eigenvalue weighted by Gasteiger charge is -2.21. The standard InChI is InChI=1S/C16H21N3O3/c1-3-18(4-2)16(22)11-6-5-7-13(8-11)19-10-12(15(17)21)9-14(19)20/h5-8,12H,3-4,9-10H2,1-2H3,(H2,17,21). The van der Waals surface area contributed by atoms with Crippen LogP contribution < -0.4 is 10.6 Å². The van der Waals surface area contributed by atoms with Crippen molar-refractivity contribution in [1.29, 1.82) is 0 Å². The van der Waals surface area contributed by atoms with Gasteiger partial charge >= 0.3 is 0 Å². The number of carbonyl (C=O) groups excluding carboxylic acids is 3. The third-order valence-electron chi connectivity index (χ3n) is 3.98. The molecule has 1 atom stereocenters. The maximum atomic E-state index is 12.4. The number of primary amides is 1. The molecule has 1 aromatic rings. The number of hydrogen-bond acceptors (Lipinski definition) is 3. The molecule has 6 nitrogen and oxygen atoms in total. The van der Waals surface area contributed by atoms with Gasteiger partial charge in [0.1, 0.15) is 0 Å². The molecule has 1 unspecified atom stereocenters. The first-order chi connectivity index (χ1) is 10.5. The molecule has 1 aromatic carbocycles. The first kappa shape index (κ1) is 16.0. The Morgan fingerprint density at radius 3 is 2.55 bits per heavy atom. The first-order valence-corrected chi connectivity index (χ1v) is 7.46. The number of nitrogens with two attached hydrogens (primary N) is 1. The van der Waals surface area contributed by atoms with Crippen LogP contribution in [0.15, 0.2) is 24.3 Å². The lowest BCUT2D eigenvalue weighted by molar-refractivity contribution is -0.123. The van der Waals surface area contributed by atoms with Gasteiger partial charge in [-0.2, -0.15) is 0 Å². The summed E-state index contributed by atoms with van der Waals surface area (Å²) >= 11 is 0. The number of amides is 3. The fraction of sp³-hybridized carbons (Fsp3) is 0.438. The topological polar surface area (TPSA) is 83.7 Å². The molecule has 6 heteroatoms. The molecule has 0 aliphatic carbocycles. The fourth-order valence-electron chi connectivity index (χ4n) is 2.65. The van der Waals surface area contributed by atoms with Crippen molar-refractivity contribution in [3.8, 4) is 0 Å². The summed E-state index contributed by atoms with van der Waals surface area (Å²) in [5.74, 6) is -1.14. The number of carbonyl (C=O) groups is 3. The molecule has 3 amide bonds. The van der Waals surface area contributed by atoms with E-state index in [1.165, 1.54) is 4.90 Å². The van der Waals surface area contributed by atoms with Gasteiger partial charge in [-0.15, -0.1) is 0 Å². The minimum absolute atomic E-state index is 0.0649. The Kier molecular flexibility index (Phi) is 4.80. The van der Waals surface area contributed by atoms with E-state index in [0.717, 1.165) is 0 Å². The van der Waals surface area contributed by atoms with E-state index in [9.17, 15) is 14.4 Å². The summed E-state index contributed by atoms with van der Waals surface area (Å²) in [6.45, 7) is 5.38. The smallest absolute Gasteiger partial charge is 0.253 e. The summed E-state index contributed by atoms with van der Waals surface area (Å²) in [5.41, 5.74) is 6.45. The third-order valence-corrected chi connectivity index (χ3v) is 3.98. The van der Waals surface area contributed by atoms with Crippen LogP contribution in [0.2, 0.25) is 0 Å². The van der Waals surface area contributed by atoms with Gasteiger partial charge in [-0.1, -0.05) is 6.07 Å². The first-order valence-electron chi connectivity index (χ1n) is 7.46. The zero-order valence-electron chi connectivity index (χ0n) is 12.9. The molecule has 2 rings (SSSR count). The average molecular weight is 303 g/mol. The van der Waals surface area contributed by atoms with Gasteiger partial charge in [0.15, 0.2) is 0 Å². The zero-order chi connectivity index (χ0) is 16.3. The Bertz CT molecular complexity index is 596. The quantitative estimate of drug-likeness (QED) is 0.881. The van der Waals surface area contributed by atoms with Crippen molar-refractivity contribution in [3.63, 3.8) is 0 Å². The van der Waals surface area contributed by atoms with Crippen LogP contribution in [0.4, 0.5) is 5.69 Å². The van der Waals surface area contributed by atoms with E-state index in [4.69, 9.17) is 5.73 Å². The fourth-order valence-corrected chi connectivity index (χ4v) is 2.65. The summed E-state index contributed by atoms with van der Waals surface area (Å²) < 4.78 is 0. The van der Waals surface area contributed by atoms with Crippen molar-refractivity contribution in [2.45, 2.75) is 20.3 Å². The number of hydrogen-bond donors (Lipinski definition) is 1. The van der Waals surface area contributed by atoms with Crippen LogP contribution in [-0.4, -0.2) is 42.3 Å². The van der Waals surface area contributed by atoms with Crippen LogP contribution >= 0.6 is 0 Å². The van der Waals surface area contributed by atoms with E-state index in [0.29, 0.717) is 24.3 Å². The molecule has 1 aliphatic heterocycles. The highest BCUT2D eigenvalue weighted by atomic mass is 16.2. The van der Waals surface area contributed by atoms with Crippen molar-refractivity contribution < 1.29 is 14.4 Å². The highest BCUT2D eigenvalue weighted by molar-refractivity contribution is 6.01. The van der Waals surface area contributed by atoms with Crippen molar-refractivity contribution in [2.75, 3.05) is 24.5 Å². The SMILES string of the molecule is CCN(CC)C(=O)c1cccc(N2CC(C(N)=O)CC2=O)c1. The second kappa shape index (κ2) is 6.60. The van der Waals surface area contributed by atoms with Gasteiger partial charge in [0.05, 0.1) is 5.92 Å². The van der Waals surface area contributed by atoms with Gasteiger partial charge in [0, 0.05) is 37.3 Å². The van der Waals surface area contributed by atoms with Gasteiger partial charge in [-0.3, -0.25) is 14.4 Å². The molecule has 1 saturated heterocycles. The predicted octanol–water partition coefficient (Wildman–Crippen LogP) is 1.01. The Morgan fingerprint density at radius 2 is 2.00 bits per heavy atom. The minimum Gasteiger partial charge on any atom is -0.369 e.